The number of aromatic amines is 1. The van der Waals surface area contributed by atoms with E-state index in [1.807, 2.05) is 18.2 Å². The lowest BCUT2D eigenvalue weighted by atomic mass is 10.0. The fourth-order valence-electron chi connectivity index (χ4n) is 2.73. The van der Waals surface area contributed by atoms with Gasteiger partial charge in [-0.05, 0) is 31.2 Å². The second-order valence-corrected chi connectivity index (χ2v) is 6.69. The number of hydrogen-bond donors (Lipinski definition) is 2. The van der Waals surface area contributed by atoms with E-state index in [0.717, 1.165) is 0 Å². The molecule has 3 rings (SSSR count). The number of nitrogens with zero attached hydrogens (tertiary/aromatic N) is 2. The Morgan fingerprint density at radius 1 is 1.14 bits per heavy atom. The van der Waals surface area contributed by atoms with Crippen LogP contribution >= 0.6 is 0 Å². The van der Waals surface area contributed by atoms with Crippen LogP contribution in [-0.4, -0.2) is 21.4 Å². The molecule has 144 valence electrons. The van der Waals surface area contributed by atoms with Gasteiger partial charge in [0.2, 0.25) is 5.91 Å². The number of carbonyl (C=O) groups excluding carboxylic acids is 1. The topological polar surface area (TPSA) is 79.2 Å². The number of aromatic nitrogens is 2. The average molecular weight is 380 g/mol. The number of benzene rings is 2. The lowest BCUT2D eigenvalue weighted by molar-refractivity contribution is -0.123. The molecule has 0 unspecified atom stereocenters. The molecule has 1 heterocycles. The highest BCUT2D eigenvalue weighted by molar-refractivity contribution is 6.13. The van der Waals surface area contributed by atoms with E-state index in [1.54, 1.807) is 39.0 Å². The van der Waals surface area contributed by atoms with E-state index in [9.17, 15) is 14.0 Å². The molecule has 28 heavy (non-hydrogen) atoms. The Kier molecular flexibility index (Phi) is 5.54. The number of hydrogen-bond acceptors (Lipinski definition) is 3. The van der Waals surface area contributed by atoms with Crippen molar-refractivity contribution in [2.24, 2.45) is 11.0 Å². The fourth-order valence-corrected chi connectivity index (χ4v) is 2.73. The van der Waals surface area contributed by atoms with Crippen LogP contribution in [0.15, 0.2) is 64.5 Å². The molecule has 2 N–H and O–H groups in total. The number of nitrogens with one attached hydrogen (secondary N) is 2. The van der Waals surface area contributed by atoms with Crippen molar-refractivity contribution in [3.05, 3.63) is 87.6 Å². The van der Waals surface area contributed by atoms with Crippen LogP contribution in [0.2, 0.25) is 0 Å². The first-order valence-corrected chi connectivity index (χ1v) is 8.89. The van der Waals surface area contributed by atoms with E-state index in [1.165, 1.54) is 22.9 Å². The lowest BCUT2D eigenvalue weighted by Gasteiger charge is -2.08. The SMILES string of the molecule is Cc1[nH]n(-c2ccccc2)c(=O)c1C(=NNC(=O)C(C)C)c1cccc(F)c1. The van der Waals surface area contributed by atoms with Gasteiger partial charge in [0.15, 0.2) is 0 Å². The van der Waals surface area contributed by atoms with Crippen molar-refractivity contribution in [1.82, 2.24) is 15.2 Å². The van der Waals surface area contributed by atoms with E-state index < -0.39 is 5.82 Å². The van der Waals surface area contributed by atoms with Gasteiger partial charge < -0.3 is 0 Å². The van der Waals surface area contributed by atoms with Gasteiger partial charge in [-0.15, -0.1) is 0 Å². The standard InChI is InChI=1S/C21H21FN4O2/c1-13(2)20(27)24-23-19(15-8-7-9-16(22)12-15)18-14(3)25-26(21(18)28)17-10-5-4-6-11-17/h4-13,25H,1-3H3,(H,24,27). The van der Waals surface area contributed by atoms with Gasteiger partial charge in [0.1, 0.15) is 11.5 Å². The molecule has 0 saturated heterocycles. The molecule has 0 saturated carbocycles. The van der Waals surface area contributed by atoms with Gasteiger partial charge in [-0.25, -0.2) is 14.5 Å². The van der Waals surface area contributed by atoms with Crippen LogP contribution in [0.5, 0.6) is 0 Å². The molecule has 1 aromatic heterocycles. The minimum Gasteiger partial charge on any atom is -0.295 e. The first kappa shape index (κ1) is 19.3. The summed E-state index contributed by atoms with van der Waals surface area (Å²) >= 11 is 0. The van der Waals surface area contributed by atoms with E-state index in [2.05, 4.69) is 15.6 Å². The minimum atomic E-state index is -0.461. The van der Waals surface area contributed by atoms with Crippen LogP contribution in [0.4, 0.5) is 4.39 Å². The summed E-state index contributed by atoms with van der Waals surface area (Å²) in [6.45, 7) is 5.20. The summed E-state index contributed by atoms with van der Waals surface area (Å²) in [5, 5.41) is 7.19. The lowest BCUT2D eigenvalue weighted by Crippen LogP contribution is -2.27. The number of H-pyrrole nitrogens is 1. The summed E-state index contributed by atoms with van der Waals surface area (Å²) in [6, 6.07) is 14.8. The minimum absolute atomic E-state index is 0.196. The molecular weight excluding hydrogens is 359 g/mol. The molecule has 0 aliphatic heterocycles. The number of hydrazone groups is 1. The van der Waals surface area contributed by atoms with Crippen LogP contribution in [0.3, 0.4) is 0 Å². The molecule has 7 heteroatoms. The van der Waals surface area contributed by atoms with Gasteiger partial charge in [0, 0.05) is 17.2 Å². The zero-order valence-corrected chi connectivity index (χ0v) is 15.9. The fraction of sp³-hybridized carbons (Fsp3) is 0.190. The number of para-hydroxylation sites is 1. The van der Waals surface area contributed by atoms with Crippen molar-refractivity contribution in [3.63, 3.8) is 0 Å². The molecule has 0 atom stereocenters. The zero-order chi connectivity index (χ0) is 20.3. The largest absolute Gasteiger partial charge is 0.295 e. The second-order valence-electron chi connectivity index (χ2n) is 6.69. The monoisotopic (exact) mass is 380 g/mol. The Morgan fingerprint density at radius 3 is 2.50 bits per heavy atom. The molecular formula is C21H21FN4O2. The van der Waals surface area contributed by atoms with Crippen LogP contribution in [0.25, 0.3) is 5.69 Å². The maximum Gasteiger partial charge on any atom is 0.281 e. The highest BCUT2D eigenvalue weighted by Crippen LogP contribution is 2.14. The van der Waals surface area contributed by atoms with Crippen molar-refractivity contribution in [1.29, 1.82) is 0 Å². The molecule has 2 aromatic carbocycles. The quantitative estimate of drug-likeness (QED) is 0.527. The molecule has 0 bridgehead atoms. The van der Waals surface area contributed by atoms with Crippen molar-refractivity contribution in [2.75, 3.05) is 0 Å². The summed E-state index contributed by atoms with van der Waals surface area (Å²) < 4.78 is 15.2. The van der Waals surface area contributed by atoms with E-state index in [4.69, 9.17) is 0 Å². The third-order valence-corrected chi connectivity index (χ3v) is 4.22. The number of halogens is 1. The highest BCUT2D eigenvalue weighted by Gasteiger charge is 2.20. The first-order chi connectivity index (χ1) is 13.4. The Labute approximate surface area is 161 Å². The van der Waals surface area contributed by atoms with Crippen molar-refractivity contribution in [3.8, 4) is 5.69 Å². The van der Waals surface area contributed by atoms with Gasteiger partial charge >= 0.3 is 0 Å². The van der Waals surface area contributed by atoms with Gasteiger partial charge in [-0.1, -0.05) is 44.2 Å². The third-order valence-electron chi connectivity index (χ3n) is 4.22. The van der Waals surface area contributed by atoms with E-state index in [-0.39, 0.29) is 28.7 Å². The summed E-state index contributed by atoms with van der Waals surface area (Å²) in [5.74, 6) is -1.05. The van der Waals surface area contributed by atoms with Crippen LogP contribution in [0, 0.1) is 18.7 Å². The summed E-state index contributed by atoms with van der Waals surface area (Å²) in [7, 11) is 0. The predicted molar refractivity (Wildman–Crippen MR) is 106 cm³/mol. The predicted octanol–water partition coefficient (Wildman–Crippen LogP) is 3.14. The summed E-state index contributed by atoms with van der Waals surface area (Å²) in [5.41, 5.74) is 4.19. The molecule has 0 aliphatic carbocycles. The Balaban J connectivity index is 2.16. The maximum atomic E-state index is 13.8. The van der Waals surface area contributed by atoms with Gasteiger partial charge in [-0.2, -0.15) is 5.10 Å². The molecule has 6 nitrogen and oxygen atoms in total. The van der Waals surface area contributed by atoms with Crippen molar-refractivity contribution in [2.45, 2.75) is 20.8 Å². The third kappa shape index (κ3) is 3.93. The van der Waals surface area contributed by atoms with Crippen molar-refractivity contribution < 1.29 is 9.18 Å². The normalized spacial score (nSPS) is 11.7. The van der Waals surface area contributed by atoms with Crippen LogP contribution in [-0.2, 0) is 4.79 Å². The first-order valence-electron chi connectivity index (χ1n) is 8.89. The number of amides is 1. The van der Waals surface area contributed by atoms with E-state index >= 15 is 0 Å². The molecule has 0 fully saturated rings. The molecule has 3 aromatic rings. The number of carbonyl (C=O) groups is 1. The van der Waals surface area contributed by atoms with Gasteiger partial charge in [0.05, 0.1) is 11.3 Å². The second kappa shape index (κ2) is 8.04. The highest BCUT2D eigenvalue weighted by atomic mass is 19.1. The smallest absolute Gasteiger partial charge is 0.281 e. The summed E-state index contributed by atoms with van der Waals surface area (Å²) in [6.07, 6.45) is 0. The van der Waals surface area contributed by atoms with Crippen LogP contribution < -0.4 is 11.0 Å². The maximum absolute atomic E-state index is 13.8. The molecule has 0 radical (unpaired) electrons. The van der Waals surface area contributed by atoms with Crippen LogP contribution in [0.1, 0.15) is 30.7 Å². The Bertz CT molecular complexity index is 1080. The Hall–Kier alpha value is -3.48. The van der Waals surface area contributed by atoms with Crippen molar-refractivity contribution >= 4 is 11.6 Å². The summed E-state index contributed by atoms with van der Waals surface area (Å²) in [4.78, 5) is 25.1. The van der Waals surface area contributed by atoms with E-state index in [0.29, 0.717) is 16.9 Å². The van der Waals surface area contributed by atoms with Gasteiger partial charge in [-0.3, -0.25) is 14.7 Å². The Morgan fingerprint density at radius 2 is 1.86 bits per heavy atom. The molecule has 0 spiro atoms. The zero-order valence-electron chi connectivity index (χ0n) is 15.9. The average Bonchev–Trinajstić information content (AvgIpc) is 2.97. The molecule has 1 amide bonds. The molecule has 0 aliphatic rings. The van der Waals surface area contributed by atoms with Gasteiger partial charge in [0.25, 0.3) is 5.56 Å². The number of rotatable bonds is 5. The number of aryl methyl sites for hydroxylation is 1.